The van der Waals surface area contributed by atoms with Crippen LogP contribution >= 0.6 is 15.9 Å². The second-order valence-corrected chi connectivity index (χ2v) is 4.47. The first-order chi connectivity index (χ1) is 7.22. The molecule has 0 spiro atoms. The fourth-order valence-corrected chi connectivity index (χ4v) is 2.07. The molecule has 1 aromatic carbocycles. The lowest BCUT2D eigenvalue weighted by Gasteiger charge is -2.25. The second kappa shape index (κ2) is 6.13. The van der Waals surface area contributed by atoms with Crippen LogP contribution in [0.2, 0.25) is 0 Å². The third kappa shape index (κ3) is 3.21. The second-order valence-electron chi connectivity index (χ2n) is 3.56. The average molecular weight is 271 g/mol. The van der Waals surface area contributed by atoms with Gasteiger partial charge in [0.25, 0.3) is 0 Å². The summed E-state index contributed by atoms with van der Waals surface area (Å²) in [7, 11) is 0. The van der Waals surface area contributed by atoms with Gasteiger partial charge >= 0.3 is 0 Å². The summed E-state index contributed by atoms with van der Waals surface area (Å²) in [6.45, 7) is 7.08. The van der Waals surface area contributed by atoms with Gasteiger partial charge in [0, 0.05) is 29.8 Å². The van der Waals surface area contributed by atoms with Crippen molar-refractivity contribution in [3.8, 4) is 0 Å². The van der Waals surface area contributed by atoms with E-state index in [1.807, 2.05) is 6.07 Å². The van der Waals surface area contributed by atoms with Crippen LogP contribution in [0.15, 0.2) is 22.7 Å². The summed E-state index contributed by atoms with van der Waals surface area (Å²) in [5.41, 5.74) is 8.22. The van der Waals surface area contributed by atoms with Crippen molar-refractivity contribution in [2.75, 3.05) is 18.0 Å². The lowest BCUT2D eigenvalue weighted by Crippen LogP contribution is -2.25. The van der Waals surface area contributed by atoms with Crippen LogP contribution in [-0.2, 0) is 6.54 Å². The molecule has 0 bridgehead atoms. The zero-order valence-electron chi connectivity index (χ0n) is 9.46. The minimum absolute atomic E-state index is 0.600. The molecule has 1 aromatic rings. The number of benzene rings is 1. The Hall–Kier alpha value is -0.540. The molecule has 0 unspecified atom stereocenters. The van der Waals surface area contributed by atoms with Crippen LogP contribution in [0.1, 0.15) is 25.8 Å². The Labute approximate surface area is 101 Å². The number of anilines is 1. The Bertz CT molecular complexity index is 312. The van der Waals surface area contributed by atoms with E-state index in [-0.39, 0.29) is 0 Å². The van der Waals surface area contributed by atoms with Gasteiger partial charge in [-0.3, -0.25) is 0 Å². The van der Waals surface area contributed by atoms with Gasteiger partial charge in [-0.2, -0.15) is 0 Å². The Kier molecular flexibility index (Phi) is 5.12. The summed E-state index contributed by atoms with van der Waals surface area (Å²) in [6.07, 6.45) is 1.16. The van der Waals surface area contributed by atoms with E-state index in [4.69, 9.17) is 5.73 Å². The van der Waals surface area contributed by atoms with E-state index >= 15 is 0 Å². The molecule has 0 aliphatic rings. The van der Waals surface area contributed by atoms with Gasteiger partial charge in [0.15, 0.2) is 0 Å². The first-order valence-corrected chi connectivity index (χ1v) is 6.25. The minimum atomic E-state index is 0.600. The van der Waals surface area contributed by atoms with Crippen molar-refractivity contribution in [1.29, 1.82) is 0 Å². The van der Waals surface area contributed by atoms with Gasteiger partial charge in [-0.1, -0.05) is 28.9 Å². The standard InChI is InChI=1S/C12H19BrN2/c1-3-7-15(4-2)12-8-11(13)6-5-10(12)9-14/h5-6,8H,3-4,7,9,14H2,1-2H3. The largest absolute Gasteiger partial charge is 0.372 e. The van der Waals surface area contributed by atoms with E-state index in [0.717, 1.165) is 24.0 Å². The van der Waals surface area contributed by atoms with Crippen LogP contribution < -0.4 is 10.6 Å². The van der Waals surface area contributed by atoms with Crippen molar-refractivity contribution in [1.82, 2.24) is 0 Å². The molecule has 0 aliphatic heterocycles. The highest BCUT2D eigenvalue weighted by Gasteiger charge is 2.08. The summed E-state index contributed by atoms with van der Waals surface area (Å²) in [5, 5.41) is 0. The van der Waals surface area contributed by atoms with Crippen LogP contribution in [0.5, 0.6) is 0 Å². The quantitative estimate of drug-likeness (QED) is 0.891. The van der Waals surface area contributed by atoms with E-state index in [9.17, 15) is 0 Å². The van der Waals surface area contributed by atoms with Gasteiger partial charge < -0.3 is 10.6 Å². The van der Waals surface area contributed by atoms with Crippen molar-refractivity contribution < 1.29 is 0 Å². The molecule has 0 heterocycles. The van der Waals surface area contributed by atoms with Crippen LogP contribution in [0.4, 0.5) is 5.69 Å². The summed E-state index contributed by atoms with van der Waals surface area (Å²) in [5.74, 6) is 0. The van der Waals surface area contributed by atoms with Crippen LogP contribution in [0, 0.1) is 0 Å². The van der Waals surface area contributed by atoms with Crippen LogP contribution in [0.25, 0.3) is 0 Å². The lowest BCUT2D eigenvalue weighted by molar-refractivity contribution is 0.785. The molecular formula is C12H19BrN2. The van der Waals surface area contributed by atoms with E-state index in [0.29, 0.717) is 6.54 Å². The van der Waals surface area contributed by atoms with Gasteiger partial charge in [0.1, 0.15) is 0 Å². The lowest BCUT2D eigenvalue weighted by atomic mass is 10.1. The summed E-state index contributed by atoms with van der Waals surface area (Å²) in [6, 6.07) is 6.30. The van der Waals surface area contributed by atoms with Gasteiger partial charge in [0.2, 0.25) is 0 Å². The van der Waals surface area contributed by atoms with E-state index in [2.05, 4.69) is 46.8 Å². The molecule has 0 atom stereocenters. The molecule has 2 nitrogen and oxygen atoms in total. The maximum atomic E-state index is 5.75. The molecule has 0 saturated heterocycles. The number of hydrogen-bond donors (Lipinski definition) is 1. The molecule has 0 amide bonds. The molecule has 0 aliphatic carbocycles. The van der Waals surface area contributed by atoms with Crippen molar-refractivity contribution in [3.05, 3.63) is 28.2 Å². The molecule has 0 aromatic heterocycles. The Morgan fingerprint density at radius 3 is 2.60 bits per heavy atom. The minimum Gasteiger partial charge on any atom is -0.372 e. The van der Waals surface area contributed by atoms with Gasteiger partial charge in [-0.25, -0.2) is 0 Å². The van der Waals surface area contributed by atoms with E-state index in [1.165, 1.54) is 11.3 Å². The Balaban J connectivity index is 3.02. The third-order valence-electron chi connectivity index (χ3n) is 2.48. The number of hydrogen-bond acceptors (Lipinski definition) is 2. The highest BCUT2D eigenvalue weighted by molar-refractivity contribution is 9.10. The highest BCUT2D eigenvalue weighted by Crippen LogP contribution is 2.25. The molecule has 1 rings (SSSR count). The summed E-state index contributed by atoms with van der Waals surface area (Å²) in [4.78, 5) is 2.37. The summed E-state index contributed by atoms with van der Waals surface area (Å²) >= 11 is 3.51. The maximum Gasteiger partial charge on any atom is 0.0422 e. The molecule has 84 valence electrons. The molecular weight excluding hydrogens is 252 g/mol. The van der Waals surface area contributed by atoms with Gasteiger partial charge in [0.05, 0.1) is 0 Å². The van der Waals surface area contributed by atoms with E-state index < -0.39 is 0 Å². The van der Waals surface area contributed by atoms with E-state index in [1.54, 1.807) is 0 Å². The first-order valence-electron chi connectivity index (χ1n) is 5.46. The van der Waals surface area contributed by atoms with Crippen LogP contribution in [-0.4, -0.2) is 13.1 Å². The number of nitrogens with zero attached hydrogens (tertiary/aromatic N) is 1. The monoisotopic (exact) mass is 270 g/mol. The third-order valence-corrected chi connectivity index (χ3v) is 2.98. The zero-order chi connectivity index (χ0) is 11.3. The van der Waals surface area contributed by atoms with Crippen molar-refractivity contribution in [2.24, 2.45) is 5.73 Å². The Morgan fingerprint density at radius 1 is 1.33 bits per heavy atom. The fraction of sp³-hybridized carbons (Fsp3) is 0.500. The Morgan fingerprint density at radius 2 is 2.07 bits per heavy atom. The van der Waals surface area contributed by atoms with Gasteiger partial charge in [-0.15, -0.1) is 0 Å². The van der Waals surface area contributed by atoms with Gasteiger partial charge in [-0.05, 0) is 31.0 Å². The van der Waals surface area contributed by atoms with Crippen molar-refractivity contribution in [2.45, 2.75) is 26.8 Å². The molecule has 0 fully saturated rings. The molecule has 0 saturated carbocycles. The number of rotatable bonds is 5. The molecule has 3 heteroatoms. The van der Waals surface area contributed by atoms with Crippen molar-refractivity contribution >= 4 is 21.6 Å². The predicted octanol–water partition coefficient (Wildman–Crippen LogP) is 3.14. The fourth-order valence-electron chi connectivity index (χ4n) is 1.72. The molecule has 15 heavy (non-hydrogen) atoms. The zero-order valence-corrected chi connectivity index (χ0v) is 11.0. The normalized spacial score (nSPS) is 10.4. The predicted molar refractivity (Wildman–Crippen MR) is 70.2 cm³/mol. The topological polar surface area (TPSA) is 29.3 Å². The SMILES string of the molecule is CCCN(CC)c1cc(Br)ccc1CN. The molecule has 2 N–H and O–H groups in total. The maximum absolute atomic E-state index is 5.75. The molecule has 0 radical (unpaired) electrons. The average Bonchev–Trinajstić information content (AvgIpc) is 2.26. The summed E-state index contributed by atoms with van der Waals surface area (Å²) < 4.78 is 1.12. The number of nitrogens with two attached hydrogens (primary N) is 1. The smallest absolute Gasteiger partial charge is 0.0422 e. The van der Waals surface area contributed by atoms with Crippen LogP contribution in [0.3, 0.4) is 0 Å². The highest BCUT2D eigenvalue weighted by atomic mass is 79.9. The number of halogens is 1. The van der Waals surface area contributed by atoms with Crippen molar-refractivity contribution in [3.63, 3.8) is 0 Å². The first kappa shape index (κ1) is 12.5.